The first-order valence-electron chi connectivity index (χ1n) is 7.92. The predicted molar refractivity (Wildman–Crippen MR) is 93.0 cm³/mol. The standard InChI is InChI=1S/C14H6ClF5N2O3S.C2HF3O2/c15-8-2-1-7-6(22-8)3-5(25-7)4-21-26(23,24)14-12(19)10(17)9(16)11(18)13(14)20;3-2(4,5)1(6)7/h1-3,21H,4H2;(H,6,7). The van der Waals surface area contributed by atoms with E-state index in [1.54, 1.807) is 4.72 Å². The number of alkyl halides is 3. The van der Waals surface area contributed by atoms with Crippen LogP contribution in [0.1, 0.15) is 5.76 Å². The van der Waals surface area contributed by atoms with Crippen molar-refractivity contribution in [1.82, 2.24) is 9.71 Å². The highest BCUT2D eigenvalue weighted by Crippen LogP contribution is 2.27. The van der Waals surface area contributed by atoms with Crippen LogP contribution in [0.25, 0.3) is 11.1 Å². The van der Waals surface area contributed by atoms with E-state index in [2.05, 4.69) is 4.98 Å². The maximum absolute atomic E-state index is 13.6. The van der Waals surface area contributed by atoms with E-state index in [-0.39, 0.29) is 22.0 Å². The minimum absolute atomic E-state index is 0.0257. The molecule has 17 heteroatoms. The highest BCUT2D eigenvalue weighted by molar-refractivity contribution is 7.89. The lowest BCUT2D eigenvalue weighted by Crippen LogP contribution is -2.26. The molecule has 0 bridgehead atoms. The van der Waals surface area contributed by atoms with E-state index in [1.807, 2.05) is 0 Å². The van der Waals surface area contributed by atoms with Crippen LogP contribution in [-0.2, 0) is 21.4 Å². The molecule has 2 heterocycles. The molecule has 33 heavy (non-hydrogen) atoms. The third kappa shape index (κ3) is 5.88. The Balaban J connectivity index is 0.000000479. The summed E-state index contributed by atoms with van der Waals surface area (Å²) in [7, 11) is -5.08. The molecule has 0 fully saturated rings. The molecular formula is C16H7ClF8N2O5S. The van der Waals surface area contributed by atoms with Gasteiger partial charge in [0.15, 0.2) is 33.7 Å². The average Bonchev–Trinajstić information content (AvgIpc) is 3.11. The van der Waals surface area contributed by atoms with Gasteiger partial charge in [0.1, 0.15) is 16.4 Å². The Morgan fingerprint density at radius 2 is 1.52 bits per heavy atom. The highest BCUT2D eigenvalue weighted by atomic mass is 35.5. The van der Waals surface area contributed by atoms with Crippen LogP contribution >= 0.6 is 11.6 Å². The number of benzene rings is 1. The van der Waals surface area contributed by atoms with Crippen molar-refractivity contribution < 1.29 is 57.9 Å². The molecule has 0 aliphatic carbocycles. The molecule has 2 aromatic heterocycles. The van der Waals surface area contributed by atoms with Gasteiger partial charge in [-0.3, -0.25) is 0 Å². The number of aromatic nitrogens is 1. The zero-order chi connectivity index (χ0) is 25.3. The Bertz CT molecular complexity index is 1300. The summed E-state index contributed by atoms with van der Waals surface area (Å²) in [4.78, 5) is 10.8. The number of hydrogen-bond donors (Lipinski definition) is 2. The van der Waals surface area contributed by atoms with Gasteiger partial charge in [0.25, 0.3) is 0 Å². The molecule has 0 aliphatic rings. The number of nitrogens with zero attached hydrogens (tertiary/aromatic N) is 1. The number of carboxylic acid groups (broad SMARTS) is 1. The van der Waals surface area contributed by atoms with Gasteiger partial charge in [-0.2, -0.15) is 13.2 Å². The molecule has 0 amide bonds. The van der Waals surface area contributed by atoms with Crippen molar-refractivity contribution in [3.8, 4) is 0 Å². The van der Waals surface area contributed by atoms with Crippen molar-refractivity contribution in [1.29, 1.82) is 0 Å². The lowest BCUT2D eigenvalue weighted by molar-refractivity contribution is -0.192. The third-order valence-electron chi connectivity index (χ3n) is 3.51. The maximum Gasteiger partial charge on any atom is 0.490 e. The largest absolute Gasteiger partial charge is 0.490 e. The summed E-state index contributed by atoms with van der Waals surface area (Å²) < 4.78 is 129. The SMILES string of the molecule is O=C(O)C(F)(F)F.O=S(=O)(NCc1cc2nc(Cl)ccc2o1)c1c(F)c(F)c(F)c(F)c1F. The van der Waals surface area contributed by atoms with E-state index in [0.29, 0.717) is 0 Å². The number of nitrogens with one attached hydrogen (secondary N) is 1. The summed E-state index contributed by atoms with van der Waals surface area (Å²) in [5, 5.41) is 7.27. The van der Waals surface area contributed by atoms with Crippen LogP contribution in [0.5, 0.6) is 0 Å². The number of sulfonamides is 1. The molecule has 0 atom stereocenters. The smallest absolute Gasteiger partial charge is 0.475 e. The normalized spacial score (nSPS) is 11.9. The minimum atomic E-state index is -5.08. The van der Waals surface area contributed by atoms with E-state index in [1.165, 1.54) is 18.2 Å². The van der Waals surface area contributed by atoms with Crippen molar-refractivity contribution >= 4 is 38.7 Å². The van der Waals surface area contributed by atoms with Gasteiger partial charge < -0.3 is 9.52 Å². The van der Waals surface area contributed by atoms with Gasteiger partial charge >= 0.3 is 12.1 Å². The van der Waals surface area contributed by atoms with E-state index in [0.717, 1.165) is 0 Å². The molecule has 3 aromatic rings. The summed E-state index contributed by atoms with van der Waals surface area (Å²) in [6, 6.07) is 4.16. The van der Waals surface area contributed by atoms with Crippen LogP contribution < -0.4 is 4.72 Å². The van der Waals surface area contributed by atoms with Gasteiger partial charge in [-0.05, 0) is 12.1 Å². The van der Waals surface area contributed by atoms with Crippen LogP contribution in [0.3, 0.4) is 0 Å². The van der Waals surface area contributed by atoms with Gasteiger partial charge in [0.05, 0.1) is 6.54 Å². The second-order valence-electron chi connectivity index (χ2n) is 5.76. The lowest BCUT2D eigenvalue weighted by Gasteiger charge is -2.09. The first-order valence-corrected chi connectivity index (χ1v) is 9.78. The Labute approximate surface area is 182 Å². The summed E-state index contributed by atoms with van der Waals surface area (Å²) in [6.07, 6.45) is -5.08. The molecule has 180 valence electrons. The number of carbonyl (C=O) groups is 1. The predicted octanol–water partition coefficient (Wildman–Crippen LogP) is 4.29. The number of fused-ring (bicyclic) bond motifs is 1. The van der Waals surface area contributed by atoms with E-state index < -0.39 is 62.7 Å². The topological polar surface area (TPSA) is 110 Å². The summed E-state index contributed by atoms with van der Waals surface area (Å²) in [5.74, 6) is -14.9. The van der Waals surface area contributed by atoms with Gasteiger partial charge in [-0.1, -0.05) is 11.6 Å². The van der Waals surface area contributed by atoms with Gasteiger partial charge in [-0.25, -0.2) is 44.9 Å². The number of aliphatic carboxylic acids is 1. The fraction of sp³-hybridized carbons (Fsp3) is 0.125. The second kappa shape index (κ2) is 9.48. The zero-order valence-corrected chi connectivity index (χ0v) is 16.8. The monoisotopic (exact) mass is 526 g/mol. The molecule has 2 N–H and O–H groups in total. The minimum Gasteiger partial charge on any atom is -0.475 e. The lowest BCUT2D eigenvalue weighted by atomic mass is 10.3. The number of carboxylic acids is 1. The molecule has 0 unspecified atom stereocenters. The van der Waals surface area contributed by atoms with Crippen LogP contribution in [0.4, 0.5) is 35.1 Å². The van der Waals surface area contributed by atoms with E-state index in [9.17, 15) is 43.5 Å². The highest BCUT2D eigenvalue weighted by Gasteiger charge is 2.38. The van der Waals surface area contributed by atoms with Crippen molar-refractivity contribution in [2.75, 3.05) is 0 Å². The average molecular weight is 527 g/mol. The Kier molecular flexibility index (Phi) is 7.55. The fourth-order valence-electron chi connectivity index (χ4n) is 2.10. The summed E-state index contributed by atoms with van der Waals surface area (Å²) in [6.45, 7) is -0.629. The Hall–Kier alpha value is -2.98. The van der Waals surface area contributed by atoms with Gasteiger partial charge in [-0.15, -0.1) is 0 Å². The van der Waals surface area contributed by atoms with Gasteiger partial charge in [0, 0.05) is 6.07 Å². The van der Waals surface area contributed by atoms with Crippen molar-refractivity contribution in [2.24, 2.45) is 0 Å². The molecule has 1 aromatic carbocycles. The fourth-order valence-corrected chi connectivity index (χ4v) is 3.38. The second-order valence-corrected chi connectivity index (χ2v) is 7.85. The maximum atomic E-state index is 13.6. The first kappa shape index (κ1) is 26.3. The molecule has 0 aliphatic heterocycles. The molecule has 0 radical (unpaired) electrons. The third-order valence-corrected chi connectivity index (χ3v) is 5.14. The Morgan fingerprint density at radius 1 is 1.03 bits per heavy atom. The van der Waals surface area contributed by atoms with Gasteiger partial charge in [0.2, 0.25) is 15.8 Å². The number of rotatable bonds is 4. The molecule has 0 saturated carbocycles. The van der Waals surface area contributed by atoms with Crippen molar-refractivity contribution in [3.63, 3.8) is 0 Å². The molecule has 0 spiro atoms. The Morgan fingerprint density at radius 3 is 2.00 bits per heavy atom. The first-order chi connectivity index (χ1) is 15.1. The number of pyridine rings is 1. The summed E-state index contributed by atoms with van der Waals surface area (Å²) >= 11 is 5.69. The van der Waals surface area contributed by atoms with Crippen molar-refractivity contribution in [3.05, 3.63) is 58.2 Å². The number of furan rings is 1. The van der Waals surface area contributed by atoms with Crippen LogP contribution in [0.15, 0.2) is 27.5 Å². The van der Waals surface area contributed by atoms with Crippen LogP contribution in [0, 0.1) is 29.1 Å². The molecule has 7 nitrogen and oxygen atoms in total. The molecule has 3 rings (SSSR count). The van der Waals surface area contributed by atoms with E-state index in [4.69, 9.17) is 25.9 Å². The van der Waals surface area contributed by atoms with E-state index >= 15 is 0 Å². The number of hydrogen-bond acceptors (Lipinski definition) is 5. The van der Waals surface area contributed by atoms with Crippen LogP contribution in [0.2, 0.25) is 5.15 Å². The molecule has 0 saturated heterocycles. The summed E-state index contributed by atoms with van der Waals surface area (Å²) in [5.41, 5.74) is 0.530. The van der Waals surface area contributed by atoms with Crippen molar-refractivity contribution in [2.45, 2.75) is 17.6 Å². The number of halogens is 9. The zero-order valence-electron chi connectivity index (χ0n) is 15.3. The van der Waals surface area contributed by atoms with Crippen LogP contribution in [-0.4, -0.2) is 30.7 Å². The molecular weight excluding hydrogens is 520 g/mol. The quantitative estimate of drug-likeness (QED) is 0.227.